The molecule has 5 heteroatoms. The molecule has 1 aliphatic heterocycles. The Morgan fingerprint density at radius 2 is 1.84 bits per heavy atom. The summed E-state index contributed by atoms with van der Waals surface area (Å²) in [4.78, 5) is 0.313. The van der Waals surface area contributed by atoms with Crippen molar-refractivity contribution in [1.29, 1.82) is 0 Å². The third-order valence-electron chi connectivity index (χ3n) is 3.51. The van der Waals surface area contributed by atoms with Gasteiger partial charge in [0.15, 0.2) is 0 Å². The van der Waals surface area contributed by atoms with E-state index < -0.39 is 10.0 Å². The first-order chi connectivity index (χ1) is 8.93. The number of ether oxygens (including phenoxy) is 1. The van der Waals surface area contributed by atoms with E-state index >= 15 is 0 Å². The van der Waals surface area contributed by atoms with Gasteiger partial charge >= 0.3 is 0 Å². The molecule has 0 unspecified atom stereocenters. The van der Waals surface area contributed by atoms with Crippen LogP contribution in [0.4, 0.5) is 0 Å². The van der Waals surface area contributed by atoms with Crippen LogP contribution in [-0.2, 0) is 10.0 Å². The normalized spacial score (nSPS) is 25.2. The van der Waals surface area contributed by atoms with Crippen LogP contribution in [0.2, 0.25) is 0 Å². The standard InChI is InChI=1S/C14H21NO3S/c1-11-7-12(2)10-15(9-11)19(16,17)14-6-4-5-13(8-14)18-3/h4-6,8,11-12H,7,9-10H2,1-3H3/t11-,12-/m1/s1. The predicted molar refractivity (Wildman–Crippen MR) is 74.7 cm³/mol. The lowest BCUT2D eigenvalue weighted by Crippen LogP contribution is -2.42. The summed E-state index contributed by atoms with van der Waals surface area (Å²) in [6, 6.07) is 6.67. The van der Waals surface area contributed by atoms with Crippen molar-refractivity contribution in [2.45, 2.75) is 25.2 Å². The van der Waals surface area contributed by atoms with Crippen molar-refractivity contribution in [3.8, 4) is 5.75 Å². The summed E-state index contributed by atoms with van der Waals surface area (Å²) >= 11 is 0. The molecule has 0 aliphatic carbocycles. The number of sulfonamides is 1. The maximum absolute atomic E-state index is 12.6. The molecule has 0 bridgehead atoms. The molecule has 1 heterocycles. The van der Waals surface area contributed by atoms with Crippen molar-refractivity contribution in [2.75, 3.05) is 20.2 Å². The molecule has 0 N–H and O–H groups in total. The van der Waals surface area contributed by atoms with Gasteiger partial charge in [-0.3, -0.25) is 0 Å². The van der Waals surface area contributed by atoms with Crippen LogP contribution >= 0.6 is 0 Å². The highest BCUT2D eigenvalue weighted by molar-refractivity contribution is 7.89. The van der Waals surface area contributed by atoms with Crippen LogP contribution < -0.4 is 4.74 Å². The van der Waals surface area contributed by atoms with Gasteiger partial charge in [-0.15, -0.1) is 0 Å². The average molecular weight is 283 g/mol. The number of methoxy groups -OCH3 is 1. The van der Waals surface area contributed by atoms with E-state index in [-0.39, 0.29) is 0 Å². The third-order valence-corrected chi connectivity index (χ3v) is 5.34. The monoisotopic (exact) mass is 283 g/mol. The molecule has 0 radical (unpaired) electrons. The largest absolute Gasteiger partial charge is 0.497 e. The molecule has 0 amide bonds. The first-order valence-corrected chi connectivity index (χ1v) is 8.01. The van der Waals surface area contributed by atoms with Gasteiger partial charge in [0.2, 0.25) is 10.0 Å². The van der Waals surface area contributed by atoms with Gasteiger partial charge in [0.05, 0.1) is 12.0 Å². The van der Waals surface area contributed by atoms with E-state index in [2.05, 4.69) is 13.8 Å². The van der Waals surface area contributed by atoms with Crippen LogP contribution in [0.5, 0.6) is 5.75 Å². The molecule has 4 nitrogen and oxygen atoms in total. The molecular formula is C14H21NO3S. The summed E-state index contributed by atoms with van der Waals surface area (Å²) in [5, 5.41) is 0. The number of piperidine rings is 1. The molecule has 1 aromatic rings. The van der Waals surface area contributed by atoms with Gasteiger partial charge in [0.1, 0.15) is 5.75 Å². The van der Waals surface area contributed by atoms with Gasteiger partial charge in [0, 0.05) is 19.2 Å². The molecule has 2 atom stereocenters. The highest BCUT2D eigenvalue weighted by atomic mass is 32.2. The van der Waals surface area contributed by atoms with Crippen molar-refractivity contribution in [2.24, 2.45) is 11.8 Å². The van der Waals surface area contributed by atoms with Crippen LogP contribution in [0.1, 0.15) is 20.3 Å². The van der Waals surface area contributed by atoms with Crippen molar-refractivity contribution < 1.29 is 13.2 Å². The Bertz CT molecular complexity index is 531. The van der Waals surface area contributed by atoms with Crippen LogP contribution in [-0.4, -0.2) is 32.9 Å². The molecule has 0 saturated carbocycles. The van der Waals surface area contributed by atoms with Crippen molar-refractivity contribution in [3.05, 3.63) is 24.3 Å². The Morgan fingerprint density at radius 3 is 2.42 bits per heavy atom. The molecule has 1 aliphatic rings. The van der Waals surface area contributed by atoms with Crippen LogP contribution in [0.25, 0.3) is 0 Å². The number of benzene rings is 1. The molecule has 1 fully saturated rings. The minimum atomic E-state index is -3.41. The van der Waals surface area contributed by atoms with E-state index in [0.717, 1.165) is 6.42 Å². The van der Waals surface area contributed by atoms with E-state index in [9.17, 15) is 8.42 Å². The van der Waals surface area contributed by atoms with Gasteiger partial charge in [-0.1, -0.05) is 19.9 Å². The van der Waals surface area contributed by atoms with E-state index in [1.807, 2.05) is 0 Å². The Balaban J connectivity index is 2.30. The zero-order chi connectivity index (χ0) is 14.0. The minimum absolute atomic E-state index is 0.313. The smallest absolute Gasteiger partial charge is 0.243 e. The Hall–Kier alpha value is -1.07. The fourth-order valence-corrected chi connectivity index (χ4v) is 4.43. The number of nitrogens with zero attached hydrogens (tertiary/aromatic N) is 1. The average Bonchev–Trinajstić information content (AvgIpc) is 2.37. The zero-order valence-corrected chi connectivity index (χ0v) is 12.5. The van der Waals surface area contributed by atoms with Crippen LogP contribution in [0, 0.1) is 11.8 Å². The minimum Gasteiger partial charge on any atom is -0.497 e. The summed E-state index contributed by atoms with van der Waals surface area (Å²) in [6.07, 6.45) is 1.09. The summed E-state index contributed by atoms with van der Waals surface area (Å²) in [5.41, 5.74) is 0. The topological polar surface area (TPSA) is 46.6 Å². The Labute approximate surface area is 115 Å². The van der Waals surface area contributed by atoms with Crippen LogP contribution in [0.3, 0.4) is 0 Å². The molecule has 0 aromatic heterocycles. The van der Waals surface area contributed by atoms with E-state index in [1.165, 1.54) is 7.11 Å². The van der Waals surface area contributed by atoms with Crippen molar-refractivity contribution >= 4 is 10.0 Å². The van der Waals surface area contributed by atoms with Gasteiger partial charge < -0.3 is 4.74 Å². The van der Waals surface area contributed by atoms with Crippen LogP contribution in [0.15, 0.2) is 29.2 Å². The maximum atomic E-state index is 12.6. The second kappa shape index (κ2) is 5.51. The molecule has 2 rings (SSSR count). The lowest BCUT2D eigenvalue weighted by Gasteiger charge is -2.34. The van der Waals surface area contributed by atoms with E-state index in [0.29, 0.717) is 35.6 Å². The molecule has 106 valence electrons. The first-order valence-electron chi connectivity index (χ1n) is 6.57. The van der Waals surface area contributed by atoms with Crippen molar-refractivity contribution in [1.82, 2.24) is 4.31 Å². The summed E-state index contributed by atoms with van der Waals surface area (Å²) in [6.45, 7) is 5.40. The predicted octanol–water partition coefficient (Wildman–Crippen LogP) is 2.36. The first kappa shape index (κ1) is 14.3. The van der Waals surface area contributed by atoms with Crippen molar-refractivity contribution in [3.63, 3.8) is 0 Å². The molecule has 1 aromatic carbocycles. The Morgan fingerprint density at radius 1 is 1.21 bits per heavy atom. The second-order valence-corrected chi connectivity index (χ2v) is 7.38. The van der Waals surface area contributed by atoms with Gasteiger partial charge in [-0.25, -0.2) is 8.42 Å². The van der Waals surface area contributed by atoms with E-state index in [1.54, 1.807) is 28.6 Å². The molecule has 1 saturated heterocycles. The maximum Gasteiger partial charge on any atom is 0.243 e. The fraction of sp³-hybridized carbons (Fsp3) is 0.571. The zero-order valence-electron chi connectivity index (χ0n) is 11.7. The molecule has 19 heavy (non-hydrogen) atoms. The molecular weight excluding hydrogens is 262 g/mol. The van der Waals surface area contributed by atoms with Gasteiger partial charge in [-0.2, -0.15) is 4.31 Å². The summed E-state index contributed by atoms with van der Waals surface area (Å²) < 4.78 is 31.9. The van der Waals surface area contributed by atoms with E-state index in [4.69, 9.17) is 4.74 Å². The summed E-state index contributed by atoms with van der Waals surface area (Å²) in [5.74, 6) is 1.38. The summed E-state index contributed by atoms with van der Waals surface area (Å²) in [7, 11) is -1.87. The Kier molecular flexibility index (Phi) is 4.16. The highest BCUT2D eigenvalue weighted by Crippen LogP contribution is 2.27. The number of rotatable bonds is 3. The van der Waals surface area contributed by atoms with Gasteiger partial charge in [0.25, 0.3) is 0 Å². The lowest BCUT2D eigenvalue weighted by molar-refractivity contribution is 0.222. The third kappa shape index (κ3) is 3.09. The SMILES string of the molecule is COc1cccc(S(=O)(=O)N2C[C@H](C)C[C@@H](C)C2)c1. The second-order valence-electron chi connectivity index (χ2n) is 5.45. The quantitative estimate of drug-likeness (QED) is 0.855. The number of hydrogen-bond donors (Lipinski definition) is 0. The van der Waals surface area contributed by atoms with Gasteiger partial charge in [-0.05, 0) is 30.4 Å². The molecule has 0 spiro atoms. The number of hydrogen-bond acceptors (Lipinski definition) is 3. The fourth-order valence-electron chi connectivity index (χ4n) is 2.71. The highest BCUT2D eigenvalue weighted by Gasteiger charge is 2.31. The lowest BCUT2D eigenvalue weighted by atomic mass is 9.94.